The summed E-state index contributed by atoms with van der Waals surface area (Å²) in [7, 11) is 0. The maximum Gasteiger partial charge on any atom is 0.139 e. The Bertz CT molecular complexity index is 560. The van der Waals surface area contributed by atoms with Gasteiger partial charge in [-0.15, -0.1) is 11.8 Å². The van der Waals surface area contributed by atoms with Crippen LogP contribution in [0.2, 0.25) is 0 Å². The van der Waals surface area contributed by atoms with Gasteiger partial charge in [-0.05, 0) is 47.6 Å². The van der Waals surface area contributed by atoms with E-state index >= 15 is 0 Å². The zero-order chi connectivity index (χ0) is 13.7. The van der Waals surface area contributed by atoms with E-state index in [1.807, 2.05) is 31.2 Å². The molecule has 2 N–H and O–H groups in total. The van der Waals surface area contributed by atoms with Gasteiger partial charge in [0.2, 0.25) is 0 Å². The van der Waals surface area contributed by atoms with Gasteiger partial charge in [0.25, 0.3) is 0 Å². The van der Waals surface area contributed by atoms with Gasteiger partial charge in [-0.1, -0.05) is 12.1 Å². The smallest absolute Gasteiger partial charge is 0.139 e. The summed E-state index contributed by atoms with van der Waals surface area (Å²) in [4.78, 5) is 10.2. The number of halogens is 1. The molecule has 0 unspecified atom stereocenters. The van der Waals surface area contributed by atoms with E-state index in [4.69, 9.17) is 5.73 Å². The summed E-state index contributed by atoms with van der Waals surface area (Å²) in [6.45, 7) is 2.61. The molecular weight excluding hydrogens is 322 g/mol. The van der Waals surface area contributed by atoms with Gasteiger partial charge in [-0.25, -0.2) is 9.97 Å². The van der Waals surface area contributed by atoms with Crippen molar-refractivity contribution in [3.63, 3.8) is 0 Å². The molecule has 19 heavy (non-hydrogen) atoms. The molecule has 0 saturated carbocycles. The quantitative estimate of drug-likeness (QED) is 0.850. The third-order valence-electron chi connectivity index (χ3n) is 2.55. The summed E-state index contributed by atoms with van der Waals surface area (Å²) < 4.78 is 1.11. The molecule has 0 aliphatic heterocycles. The second-order valence-electron chi connectivity index (χ2n) is 4.17. The molecule has 100 valence electrons. The van der Waals surface area contributed by atoms with Crippen molar-refractivity contribution in [1.29, 1.82) is 0 Å². The third kappa shape index (κ3) is 4.30. The Morgan fingerprint density at radius 3 is 2.79 bits per heavy atom. The zero-order valence-electron chi connectivity index (χ0n) is 10.8. The van der Waals surface area contributed by atoms with Crippen LogP contribution in [0.1, 0.15) is 17.2 Å². The highest BCUT2D eigenvalue weighted by Gasteiger charge is 2.05. The largest absolute Gasteiger partial charge is 0.330 e. The van der Waals surface area contributed by atoms with Crippen LogP contribution in [0.4, 0.5) is 0 Å². The van der Waals surface area contributed by atoms with Crippen molar-refractivity contribution in [2.45, 2.75) is 24.0 Å². The summed E-state index contributed by atoms with van der Waals surface area (Å²) >= 11 is 5.28. The normalized spacial score (nSPS) is 10.7. The van der Waals surface area contributed by atoms with Crippen molar-refractivity contribution in [3.8, 4) is 0 Å². The number of aryl methyl sites for hydroxylation is 1. The van der Waals surface area contributed by atoms with E-state index < -0.39 is 0 Å². The molecule has 2 aromatic rings. The third-order valence-corrected chi connectivity index (χ3v) is 4.57. The molecule has 1 heterocycles. The van der Waals surface area contributed by atoms with Crippen molar-refractivity contribution >= 4 is 27.7 Å². The van der Waals surface area contributed by atoms with E-state index in [-0.39, 0.29) is 0 Å². The Morgan fingerprint density at radius 1 is 1.26 bits per heavy atom. The van der Waals surface area contributed by atoms with Gasteiger partial charge in [0.1, 0.15) is 5.82 Å². The van der Waals surface area contributed by atoms with E-state index in [0.29, 0.717) is 6.54 Å². The van der Waals surface area contributed by atoms with Crippen LogP contribution in [-0.4, -0.2) is 16.5 Å². The summed E-state index contributed by atoms with van der Waals surface area (Å²) in [5.41, 5.74) is 7.60. The standard InChI is InChI=1S/C14H16BrN3S/c1-10-8-11(6-7-16)18-14(17-10)9-19-13-5-3-2-4-12(13)15/h2-5,8H,6-7,9,16H2,1H3. The fourth-order valence-corrected chi connectivity index (χ4v) is 3.17. The van der Waals surface area contributed by atoms with E-state index in [9.17, 15) is 0 Å². The fourth-order valence-electron chi connectivity index (χ4n) is 1.74. The van der Waals surface area contributed by atoms with Crippen LogP contribution in [-0.2, 0) is 12.2 Å². The molecule has 0 spiro atoms. The first kappa shape index (κ1) is 14.5. The molecule has 0 amide bonds. The number of thioether (sulfide) groups is 1. The first-order chi connectivity index (χ1) is 9.19. The molecule has 0 bridgehead atoms. The van der Waals surface area contributed by atoms with Crippen LogP contribution >= 0.6 is 27.7 Å². The number of aromatic nitrogens is 2. The molecule has 0 aliphatic rings. The molecule has 0 radical (unpaired) electrons. The predicted molar refractivity (Wildman–Crippen MR) is 83.2 cm³/mol. The molecule has 5 heteroatoms. The topological polar surface area (TPSA) is 51.8 Å². The van der Waals surface area contributed by atoms with E-state index in [1.54, 1.807) is 11.8 Å². The Kier molecular flexibility index (Phi) is 5.36. The Labute approximate surface area is 126 Å². The van der Waals surface area contributed by atoms with E-state index in [1.165, 1.54) is 4.90 Å². The van der Waals surface area contributed by atoms with Crippen LogP contribution < -0.4 is 5.73 Å². The maximum atomic E-state index is 5.57. The number of nitrogens with two attached hydrogens (primary N) is 1. The lowest BCUT2D eigenvalue weighted by atomic mass is 10.2. The fraction of sp³-hybridized carbons (Fsp3) is 0.286. The van der Waals surface area contributed by atoms with Crippen molar-refractivity contribution in [1.82, 2.24) is 9.97 Å². The summed E-state index contributed by atoms with van der Waals surface area (Å²) in [5, 5.41) is 0. The highest BCUT2D eigenvalue weighted by atomic mass is 79.9. The lowest BCUT2D eigenvalue weighted by Gasteiger charge is -2.06. The minimum atomic E-state index is 0.618. The summed E-state index contributed by atoms with van der Waals surface area (Å²) in [6, 6.07) is 10.2. The van der Waals surface area contributed by atoms with Gasteiger partial charge in [-0.2, -0.15) is 0 Å². The molecule has 1 aromatic carbocycles. The Morgan fingerprint density at radius 2 is 2.05 bits per heavy atom. The number of hydrogen-bond donors (Lipinski definition) is 1. The van der Waals surface area contributed by atoms with Crippen LogP contribution in [0.15, 0.2) is 39.7 Å². The molecule has 0 atom stereocenters. The van der Waals surface area contributed by atoms with Crippen LogP contribution in [0.5, 0.6) is 0 Å². The average molecular weight is 338 g/mol. The highest BCUT2D eigenvalue weighted by molar-refractivity contribution is 9.10. The average Bonchev–Trinajstić information content (AvgIpc) is 2.37. The first-order valence-electron chi connectivity index (χ1n) is 6.10. The minimum Gasteiger partial charge on any atom is -0.330 e. The van der Waals surface area contributed by atoms with Crippen molar-refractivity contribution in [2.24, 2.45) is 5.73 Å². The van der Waals surface area contributed by atoms with Gasteiger partial charge >= 0.3 is 0 Å². The Balaban J connectivity index is 2.09. The van der Waals surface area contributed by atoms with Crippen LogP contribution in [0, 0.1) is 6.92 Å². The number of benzene rings is 1. The Hall–Kier alpha value is -0.910. The van der Waals surface area contributed by atoms with Crippen LogP contribution in [0.3, 0.4) is 0 Å². The van der Waals surface area contributed by atoms with Crippen molar-refractivity contribution in [2.75, 3.05) is 6.54 Å². The minimum absolute atomic E-state index is 0.618. The van der Waals surface area contributed by atoms with Crippen LogP contribution in [0.25, 0.3) is 0 Å². The second-order valence-corrected chi connectivity index (χ2v) is 6.05. The molecule has 0 fully saturated rings. The monoisotopic (exact) mass is 337 g/mol. The van der Waals surface area contributed by atoms with Gasteiger partial charge in [0.15, 0.2) is 0 Å². The van der Waals surface area contributed by atoms with Gasteiger partial charge in [0.05, 0.1) is 5.75 Å². The lowest BCUT2D eigenvalue weighted by Crippen LogP contribution is -2.07. The highest BCUT2D eigenvalue weighted by Crippen LogP contribution is 2.28. The van der Waals surface area contributed by atoms with Gasteiger partial charge in [-0.3, -0.25) is 0 Å². The molecule has 1 aromatic heterocycles. The van der Waals surface area contributed by atoms with E-state index in [2.05, 4.69) is 32.0 Å². The van der Waals surface area contributed by atoms with Gasteiger partial charge in [0, 0.05) is 27.2 Å². The molecule has 2 rings (SSSR count). The maximum absolute atomic E-state index is 5.57. The molecule has 3 nitrogen and oxygen atoms in total. The summed E-state index contributed by atoms with van der Waals surface area (Å²) in [6.07, 6.45) is 0.802. The zero-order valence-corrected chi connectivity index (χ0v) is 13.2. The number of nitrogens with zero attached hydrogens (tertiary/aromatic N) is 2. The SMILES string of the molecule is Cc1cc(CCN)nc(CSc2ccccc2Br)n1. The van der Waals surface area contributed by atoms with Crippen molar-refractivity contribution in [3.05, 3.63) is 52.0 Å². The van der Waals surface area contributed by atoms with Crippen molar-refractivity contribution < 1.29 is 0 Å². The lowest BCUT2D eigenvalue weighted by molar-refractivity contribution is 0.871. The second kappa shape index (κ2) is 7.03. The van der Waals surface area contributed by atoms with E-state index in [0.717, 1.165) is 33.9 Å². The molecular formula is C14H16BrN3S. The molecule has 0 saturated heterocycles. The first-order valence-corrected chi connectivity index (χ1v) is 7.87. The summed E-state index contributed by atoms with van der Waals surface area (Å²) in [5.74, 6) is 1.63. The number of hydrogen-bond acceptors (Lipinski definition) is 4. The number of rotatable bonds is 5. The molecule has 0 aliphatic carbocycles. The van der Waals surface area contributed by atoms with Gasteiger partial charge < -0.3 is 5.73 Å². The predicted octanol–water partition coefficient (Wildman–Crippen LogP) is 3.34.